The quantitative estimate of drug-likeness (QED) is 0.888. The second-order valence-corrected chi connectivity index (χ2v) is 5.95. The molecule has 0 radical (unpaired) electrons. The van der Waals surface area contributed by atoms with Gasteiger partial charge in [0.05, 0.1) is 7.11 Å². The predicted octanol–water partition coefficient (Wildman–Crippen LogP) is 2.54. The molecule has 1 unspecified atom stereocenters. The number of benzene rings is 1. The van der Waals surface area contributed by atoms with Crippen LogP contribution in [0, 0.1) is 0 Å². The lowest BCUT2D eigenvalue weighted by atomic mass is 9.88. The highest BCUT2D eigenvalue weighted by atomic mass is 16.5. The van der Waals surface area contributed by atoms with E-state index < -0.39 is 0 Å². The van der Waals surface area contributed by atoms with E-state index in [9.17, 15) is 5.11 Å². The number of piperidine rings is 1. The standard InChI is InChI=1S/C16H26N2O2/c1-12(14-11-13(20-4)5-6-15(14)19)18-9-7-16(2,17-3)8-10-18/h5-6,11-12,17,19H,7-10H2,1-4H3. The summed E-state index contributed by atoms with van der Waals surface area (Å²) in [4.78, 5) is 2.42. The van der Waals surface area contributed by atoms with Crippen LogP contribution in [0.15, 0.2) is 18.2 Å². The van der Waals surface area contributed by atoms with E-state index in [1.165, 1.54) is 0 Å². The molecule has 0 saturated carbocycles. The van der Waals surface area contributed by atoms with Gasteiger partial charge in [0, 0.05) is 30.2 Å². The Morgan fingerprint density at radius 1 is 1.35 bits per heavy atom. The van der Waals surface area contributed by atoms with E-state index in [1.807, 2.05) is 13.1 Å². The van der Waals surface area contributed by atoms with Crippen molar-refractivity contribution in [1.82, 2.24) is 10.2 Å². The highest BCUT2D eigenvalue weighted by Gasteiger charge is 2.31. The molecule has 1 heterocycles. The summed E-state index contributed by atoms with van der Waals surface area (Å²) in [5.41, 5.74) is 1.18. The lowest BCUT2D eigenvalue weighted by Crippen LogP contribution is -2.50. The highest BCUT2D eigenvalue weighted by Crippen LogP contribution is 2.34. The zero-order valence-corrected chi connectivity index (χ0v) is 12.9. The fourth-order valence-electron chi connectivity index (χ4n) is 2.85. The van der Waals surface area contributed by atoms with E-state index in [2.05, 4.69) is 24.1 Å². The summed E-state index contributed by atoms with van der Waals surface area (Å²) in [5.74, 6) is 1.14. The van der Waals surface area contributed by atoms with E-state index in [0.29, 0.717) is 5.75 Å². The van der Waals surface area contributed by atoms with Crippen LogP contribution in [0.2, 0.25) is 0 Å². The van der Waals surface area contributed by atoms with Crippen LogP contribution in [0.1, 0.15) is 38.3 Å². The van der Waals surface area contributed by atoms with Gasteiger partial charge in [0.25, 0.3) is 0 Å². The van der Waals surface area contributed by atoms with Gasteiger partial charge < -0.3 is 15.2 Å². The van der Waals surface area contributed by atoms with Gasteiger partial charge in [-0.1, -0.05) is 0 Å². The van der Waals surface area contributed by atoms with E-state index in [-0.39, 0.29) is 11.6 Å². The van der Waals surface area contributed by atoms with Crippen molar-refractivity contribution in [2.24, 2.45) is 0 Å². The molecule has 1 aliphatic rings. The Labute approximate surface area is 121 Å². The smallest absolute Gasteiger partial charge is 0.120 e. The van der Waals surface area contributed by atoms with Crippen molar-refractivity contribution < 1.29 is 9.84 Å². The first kappa shape index (κ1) is 15.1. The number of hydrogen-bond acceptors (Lipinski definition) is 4. The predicted molar refractivity (Wildman–Crippen MR) is 81.3 cm³/mol. The summed E-state index contributed by atoms with van der Waals surface area (Å²) in [5, 5.41) is 13.5. The van der Waals surface area contributed by atoms with Gasteiger partial charge in [-0.05, 0) is 51.9 Å². The Balaban J connectivity index is 2.10. The molecule has 4 heteroatoms. The second kappa shape index (κ2) is 6.02. The van der Waals surface area contributed by atoms with Crippen LogP contribution in [0.5, 0.6) is 11.5 Å². The van der Waals surface area contributed by atoms with Crippen LogP contribution in [0.4, 0.5) is 0 Å². The zero-order chi connectivity index (χ0) is 14.8. The number of phenolic OH excluding ortho intramolecular Hbond substituents is 1. The first-order valence-electron chi connectivity index (χ1n) is 7.29. The Morgan fingerprint density at radius 3 is 2.55 bits per heavy atom. The largest absolute Gasteiger partial charge is 0.508 e. The number of hydrogen-bond donors (Lipinski definition) is 2. The van der Waals surface area contributed by atoms with Crippen molar-refractivity contribution in [3.8, 4) is 11.5 Å². The van der Waals surface area contributed by atoms with E-state index >= 15 is 0 Å². The molecule has 112 valence electrons. The van der Waals surface area contributed by atoms with Gasteiger partial charge in [0.1, 0.15) is 11.5 Å². The van der Waals surface area contributed by atoms with Crippen LogP contribution in [-0.2, 0) is 0 Å². The molecule has 0 amide bonds. The van der Waals surface area contributed by atoms with Gasteiger partial charge in [-0.25, -0.2) is 0 Å². The summed E-state index contributed by atoms with van der Waals surface area (Å²) >= 11 is 0. The Morgan fingerprint density at radius 2 is 2.00 bits per heavy atom. The summed E-state index contributed by atoms with van der Waals surface area (Å²) in [6.07, 6.45) is 2.25. The fourth-order valence-corrected chi connectivity index (χ4v) is 2.85. The summed E-state index contributed by atoms with van der Waals surface area (Å²) in [6, 6.07) is 5.64. The number of aromatic hydroxyl groups is 1. The normalized spacial score (nSPS) is 20.6. The van der Waals surface area contributed by atoms with E-state index in [0.717, 1.165) is 37.2 Å². The zero-order valence-electron chi connectivity index (χ0n) is 12.9. The van der Waals surface area contributed by atoms with Crippen LogP contribution in [-0.4, -0.2) is 42.8 Å². The molecule has 0 spiro atoms. The van der Waals surface area contributed by atoms with Crippen molar-refractivity contribution >= 4 is 0 Å². The van der Waals surface area contributed by atoms with Crippen LogP contribution in [0.3, 0.4) is 0 Å². The minimum atomic E-state index is 0.200. The summed E-state index contributed by atoms with van der Waals surface area (Å²) in [6.45, 7) is 6.50. The van der Waals surface area contributed by atoms with Crippen LogP contribution in [0.25, 0.3) is 0 Å². The van der Waals surface area contributed by atoms with Gasteiger partial charge in [-0.15, -0.1) is 0 Å². The van der Waals surface area contributed by atoms with Crippen molar-refractivity contribution in [2.45, 2.75) is 38.3 Å². The van der Waals surface area contributed by atoms with Crippen molar-refractivity contribution in [2.75, 3.05) is 27.2 Å². The Hall–Kier alpha value is -1.26. The van der Waals surface area contributed by atoms with Gasteiger partial charge in [0.15, 0.2) is 0 Å². The van der Waals surface area contributed by atoms with Gasteiger partial charge in [-0.2, -0.15) is 0 Å². The third-order valence-electron chi connectivity index (χ3n) is 4.74. The molecule has 1 aliphatic heterocycles. The molecule has 1 aromatic carbocycles. The molecule has 1 fully saturated rings. The minimum absolute atomic E-state index is 0.200. The first-order valence-corrected chi connectivity index (χ1v) is 7.29. The number of ether oxygens (including phenoxy) is 1. The van der Waals surface area contributed by atoms with Crippen LogP contribution >= 0.6 is 0 Å². The molecule has 1 atom stereocenters. The van der Waals surface area contributed by atoms with Crippen molar-refractivity contribution in [3.63, 3.8) is 0 Å². The average Bonchev–Trinajstić information content (AvgIpc) is 2.48. The molecular formula is C16H26N2O2. The average molecular weight is 278 g/mol. The molecule has 0 aromatic heterocycles. The summed E-state index contributed by atoms with van der Waals surface area (Å²) < 4.78 is 5.26. The number of likely N-dealkylation sites (tertiary alicyclic amines) is 1. The Kier molecular flexibility index (Phi) is 4.55. The third kappa shape index (κ3) is 3.07. The van der Waals surface area contributed by atoms with Crippen molar-refractivity contribution in [1.29, 1.82) is 0 Å². The number of nitrogens with one attached hydrogen (secondary N) is 1. The molecule has 1 saturated heterocycles. The van der Waals surface area contributed by atoms with E-state index in [4.69, 9.17) is 4.74 Å². The number of phenols is 1. The molecule has 2 N–H and O–H groups in total. The van der Waals surface area contributed by atoms with Gasteiger partial charge in [0.2, 0.25) is 0 Å². The topological polar surface area (TPSA) is 44.7 Å². The van der Waals surface area contributed by atoms with E-state index in [1.54, 1.807) is 19.2 Å². The number of methoxy groups -OCH3 is 1. The molecule has 1 aromatic rings. The van der Waals surface area contributed by atoms with Gasteiger partial charge in [-0.3, -0.25) is 4.90 Å². The first-order chi connectivity index (χ1) is 9.49. The van der Waals surface area contributed by atoms with Gasteiger partial charge >= 0.3 is 0 Å². The lowest BCUT2D eigenvalue weighted by molar-refractivity contribution is 0.116. The number of rotatable bonds is 4. The molecule has 2 rings (SSSR count). The highest BCUT2D eigenvalue weighted by molar-refractivity contribution is 5.41. The molecule has 0 aliphatic carbocycles. The maximum Gasteiger partial charge on any atom is 0.120 e. The second-order valence-electron chi connectivity index (χ2n) is 5.95. The molecule has 4 nitrogen and oxygen atoms in total. The fraction of sp³-hybridized carbons (Fsp3) is 0.625. The minimum Gasteiger partial charge on any atom is -0.508 e. The maximum atomic E-state index is 10.1. The summed E-state index contributed by atoms with van der Waals surface area (Å²) in [7, 11) is 3.69. The maximum absolute atomic E-state index is 10.1. The molecule has 0 bridgehead atoms. The third-order valence-corrected chi connectivity index (χ3v) is 4.74. The lowest BCUT2D eigenvalue weighted by Gasteiger charge is -2.42. The SMILES string of the molecule is CNC1(C)CCN(C(C)c2cc(OC)ccc2O)CC1. The van der Waals surface area contributed by atoms with Crippen molar-refractivity contribution in [3.05, 3.63) is 23.8 Å². The monoisotopic (exact) mass is 278 g/mol. The molecule has 20 heavy (non-hydrogen) atoms. The number of nitrogens with zero attached hydrogens (tertiary/aromatic N) is 1. The van der Waals surface area contributed by atoms with Crippen LogP contribution < -0.4 is 10.1 Å². The Bertz CT molecular complexity index is 454. The molecular weight excluding hydrogens is 252 g/mol.